The highest BCUT2D eigenvalue weighted by atomic mass is 35.5. The standard InChI is InChI=1S/C13H23N3S.ClH/c1-9-6-16(8-11(9)14)7-10-5-15-12(17-10)13(2,3)4;/h5,9,11H,6-8,14H2,1-4H3;1H. The van der Waals surface area contributed by atoms with Crippen LogP contribution in [-0.2, 0) is 12.0 Å². The van der Waals surface area contributed by atoms with Gasteiger partial charge in [0.2, 0.25) is 0 Å². The molecular formula is C13H24ClN3S. The third-order valence-corrected chi connectivity index (χ3v) is 4.73. The van der Waals surface area contributed by atoms with E-state index in [-0.39, 0.29) is 17.8 Å². The smallest absolute Gasteiger partial charge is 0.0981 e. The zero-order chi connectivity index (χ0) is 12.6. The van der Waals surface area contributed by atoms with E-state index in [0.29, 0.717) is 12.0 Å². The predicted octanol–water partition coefficient (Wildman–Crippen LogP) is 2.64. The van der Waals surface area contributed by atoms with Gasteiger partial charge in [0, 0.05) is 42.2 Å². The summed E-state index contributed by atoms with van der Waals surface area (Å²) in [6, 6.07) is 0.338. The summed E-state index contributed by atoms with van der Waals surface area (Å²) in [7, 11) is 0. The maximum atomic E-state index is 6.04. The van der Waals surface area contributed by atoms with Crippen molar-refractivity contribution in [2.24, 2.45) is 11.7 Å². The molecule has 104 valence electrons. The summed E-state index contributed by atoms with van der Waals surface area (Å²) in [5.41, 5.74) is 6.21. The second-order valence-electron chi connectivity index (χ2n) is 6.22. The summed E-state index contributed by atoms with van der Waals surface area (Å²) in [4.78, 5) is 8.33. The first-order valence-electron chi connectivity index (χ1n) is 6.29. The highest BCUT2D eigenvalue weighted by Crippen LogP contribution is 2.28. The molecular weight excluding hydrogens is 266 g/mol. The number of aromatic nitrogens is 1. The van der Waals surface area contributed by atoms with Crippen molar-refractivity contribution in [3.8, 4) is 0 Å². The third-order valence-electron chi connectivity index (χ3n) is 3.32. The second kappa shape index (κ2) is 5.87. The summed E-state index contributed by atoms with van der Waals surface area (Å²) in [6.07, 6.45) is 2.03. The summed E-state index contributed by atoms with van der Waals surface area (Å²) < 4.78 is 0. The first-order valence-corrected chi connectivity index (χ1v) is 7.11. The lowest BCUT2D eigenvalue weighted by Gasteiger charge is -2.15. The molecule has 0 spiro atoms. The van der Waals surface area contributed by atoms with Crippen LogP contribution in [0.4, 0.5) is 0 Å². The maximum absolute atomic E-state index is 6.04. The Morgan fingerprint density at radius 3 is 2.56 bits per heavy atom. The van der Waals surface area contributed by atoms with Gasteiger partial charge in [-0.2, -0.15) is 0 Å². The summed E-state index contributed by atoms with van der Waals surface area (Å²) in [6.45, 7) is 12.0. The first-order chi connectivity index (χ1) is 7.86. The van der Waals surface area contributed by atoms with Gasteiger partial charge in [0.15, 0.2) is 0 Å². The molecule has 2 unspecified atom stereocenters. The van der Waals surface area contributed by atoms with Gasteiger partial charge in [0.05, 0.1) is 5.01 Å². The molecule has 3 nitrogen and oxygen atoms in total. The summed E-state index contributed by atoms with van der Waals surface area (Å²) in [5, 5.41) is 1.23. The third kappa shape index (κ3) is 3.67. The Hall–Kier alpha value is -0.160. The van der Waals surface area contributed by atoms with Crippen molar-refractivity contribution in [2.45, 2.75) is 45.7 Å². The number of hydrogen-bond acceptors (Lipinski definition) is 4. The molecule has 1 fully saturated rings. The van der Waals surface area contributed by atoms with Crippen LogP contribution in [0.5, 0.6) is 0 Å². The number of rotatable bonds is 2. The lowest BCUT2D eigenvalue weighted by Crippen LogP contribution is -2.28. The molecule has 1 aliphatic rings. The highest BCUT2D eigenvalue weighted by molar-refractivity contribution is 7.11. The largest absolute Gasteiger partial charge is 0.326 e. The zero-order valence-electron chi connectivity index (χ0n) is 11.6. The molecule has 18 heavy (non-hydrogen) atoms. The fourth-order valence-electron chi connectivity index (χ4n) is 2.17. The van der Waals surface area contributed by atoms with Gasteiger partial charge in [0.25, 0.3) is 0 Å². The van der Waals surface area contributed by atoms with E-state index in [9.17, 15) is 0 Å². The van der Waals surface area contributed by atoms with E-state index in [4.69, 9.17) is 5.73 Å². The van der Waals surface area contributed by atoms with E-state index >= 15 is 0 Å². The van der Waals surface area contributed by atoms with Gasteiger partial charge in [-0.15, -0.1) is 23.7 Å². The number of likely N-dealkylation sites (tertiary alicyclic amines) is 1. The minimum Gasteiger partial charge on any atom is -0.326 e. The van der Waals surface area contributed by atoms with Crippen molar-refractivity contribution in [1.29, 1.82) is 0 Å². The molecule has 5 heteroatoms. The fourth-order valence-corrected chi connectivity index (χ4v) is 3.18. The Morgan fingerprint density at radius 1 is 1.44 bits per heavy atom. The Bertz CT molecular complexity index is 376. The van der Waals surface area contributed by atoms with Crippen LogP contribution in [0.3, 0.4) is 0 Å². The Labute approximate surface area is 120 Å². The molecule has 2 N–H and O–H groups in total. The number of nitrogens with two attached hydrogens (primary N) is 1. The van der Waals surface area contributed by atoms with Crippen LogP contribution in [0.2, 0.25) is 0 Å². The summed E-state index contributed by atoms with van der Waals surface area (Å²) >= 11 is 1.84. The average Bonchev–Trinajstić information content (AvgIpc) is 2.75. The van der Waals surface area contributed by atoms with Gasteiger partial charge in [-0.1, -0.05) is 27.7 Å². The van der Waals surface area contributed by atoms with E-state index in [0.717, 1.165) is 19.6 Å². The number of thiazole rings is 1. The van der Waals surface area contributed by atoms with Crippen molar-refractivity contribution >= 4 is 23.7 Å². The van der Waals surface area contributed by atoms with Crippen LogP contribution >= 0.6 is 23.7 Å². The fraction of sp³-hybridized carbons (Fsp3) is 0.769. The monoisotopic (exact) mass is 289 g/mol. The molecule has 0 amide bonds. The van der Waals surface area contributed by atoms with Crippen LogP contribution in [0.25, 0.3) is 0 Å². The minimum atomic E-state index is 0. The number of halogens is 1. The highest BCUT2D eigenvalue weighted by Gasteiger charge is 2.27. The minimum absolute atomic E-state index is 0. The molecule has 2 rings (SSSR count). The molecule has 0 saturated carbocycles. The van der Waals surface area contributed by atoms with Crippen molar-refractivity contribution in [1.82, 2.24) is 9.88 Å². The van der Waals surface area contributed by atoms with E-state index in [2.05, 4.69) is 37.6 Å². The molecule has 2 heterocycles. The summed E-state index contributed by atoms with van der Waals surface area (Å²) in [5.74, 6) is 0.616. The maximum Gasteiger partial charge on any atom is 0.0981 e. The van der Waals surface area contributed by atoms with Crippen molar-refractivity contribution in [3.05, 3.63) is 16.1 Å². The molecule has 1 aromatic rings. The molecule has 1 saturated heterocycles. The van der Waals surface area contributed by atoms with Gasteiger partial charge >= 0.3 is 0 Å². The Balaban J connectivity index is 0.00000162. The Morgan fingerprint density at radius 2 is 2.11 bits per heavy atom. The number of nitrogens with zero attached hydrogens (tertiary/aromatic N) is 2. The lowest BCUT2D eigenvalue weighted by molar-refractivity contribution is 0.321. The normalized spacial score (nSPS) is 25.2. The molecule has 0 radical (unpaired) electrons. The van der Waals surface area contributed by atoms with Crippen LogP contribution in [-0.4, -0.2) is 29.0 Å². The lowest BCUT2D eigenvalue weighted by atomic mass is 9.98. The quantitative estimate of drug-likeness (QED) is 0.910. The molecule has 1 aliphatic heterocycles. The van der Waals surface area contributed by atoms with Gasteiger partial charge in [-0.3, -0.25) is 4.90 Å². The number of hydrogen-bond donors (Lipinski definition) is 1. The molecule has 0 bridgehead atoms. The molecule has 0 aromatic carbocycles. The van der Waals surface area contributed by atoms with E-state index in [1.54, 1.807) is 0 Å². The predicted molar refractivity (Wildman–Crippen MR) is 80.5 cm³/mol. The average molecular weight is 290 g/mol. The van der Waals surface area contributed by atoms with Crippen molar-refractivity contribution < 1.29 is 0 Å². The Kier molecular flexibility index (Phi) is 5.18. The molecule has 2 atom stereocenters. The first kappa shape index (κ1) is 15.9. The van der Waals surface area contributed by atoms with Crippen molar-refractivity contribution in [2.75, 3.05) is 13.1 Å². The van der Waals surface area contributed by atoms with Crippen LogP contribution < -0.4 is 5.73 Å². The topological polar surface area (TPSA) is 42.2 Å². The van der Waals surface area contributed by atoms with Gasteiger partial charge < -0.3 is 5.73 Å². The van der Waals surface area contributed by atoms with E-state index in [1.807, 2.05) is 17.5 Å². The SMILES string of the molecule is CC1CN(Cc2cnc(C(C)(C)C)s2)CC1N.Cl. The van der Waals surface area contributed by atoms with Crippen LogP contribution in [0.1, 0.15) is 37.6 Å². The van der Waals surface area contributed by atoms with Gasteiger partial charge in [-0.25, -0.2) is 4.98 Å². The van der Waals surface area contributed by atoms with Crippen LogP contribution in [0, 0.1) is 5.92 Å². The van der Waals surface area contributed by atoms with Gasteiger partial charge in [-0.05, 0) is 5.92 Å². The second-order valence-corrected chi connectivity index (χ2v) is 7.33. The van der Waals surface area contributed by atoms with E-state index in [1.165, 1.54) is 9.88 Å². The zero-order valence-corrected chi connectivity index (χ0v) is 13.3. The van der Waals surface area contributed by atoms with E-state index < -0.39 is 0 Å². The van der Waals surface area contributed by atoms with Crippen LogP contribution in [0.15, 0.2) is 6.20 Å². The van der Waals surface area contributed by atoms with Crippen molar-refractivity contribution in [3.63, 3.8) is 0 Å². The molecule has 1 aromatic heterocycles. The van der Waals surface area contributed by atoms with Gasteiger partial charge in [0.1, 0.15) is 0 Å². The molecule has 0 aliphatic carbocycles.